The smallest absolute Gasteiger partial charge is 0.224 e. The van der Waals surface area contributed by atoms with Gasteiger partial charge in [-0.15, -0.1) is 0 Å². The second-order valence-electron chi connectivity index (χ2n) is 5.04. The van der Waals surface area contributed by atoms with Gasteiger partial charge in [0.15, 0.2) is 0 Å². The third-order valence-electron chi connectivity index (χ3n) is 3.53. The molecule has 1 fully saturated rings. The predicted molar refractivity (Wildman–Crippen MR) is 89.1 cm³/mol. The molecular weight excluding hydrogens is 288 g/mol. The summed E-state index contributed by atoms with van der Waals surface area (Å²) >= 11 is 3.92. The Labute approximate surface area is 129 Å². The fourth-order valence-electron chi connectivity index (χ4n) is 2.16. The normalized spacial score (nSPS) is 22.0. The van der Waals surface area contributed by atoms with Crippen molar-refractivity contribution in [1.29, 1.82) is 0 Å². The minimum absolute atomic E-state index is 0.0533. The first-order valence-corrected chi connectivity index (χ1v) is 9.16. The molecule has 0 aliphatic carbocycles. The lowest BCUT2D eigenvalue weighted by atomic mass is 9.95. The van der Waals surface area contributed by atoms with Crippen LogP contribution in [-0.2, 0) is 4.79 Å². The van der Waals surface area contributed by atoms with Gasteiger partial charge in [0.1, 0.15) is 0 Å². The molecule has 5 heteroatoms. The van der Waals surface area contributed by atoms with E-state index in [1.54, 1.807) is 0 Å². The van der Waals surface area contributed by atoms with Crippen molar-refractivity contribution in [2.45, 2.75) is 18.2 Å². The molecule has 3 N–H and O–H groups in total. The lowest BCUT2D eigenvalue weighted by Gasteiger charge is -2.24. The van der Waals surface area contributed by atoms with Crippen LogP contribution in [0.3, 0.4) is 0 Å². The van der Waals surface area contributed by atoms with E-state index < -0.39 is 0 Å². The van der Waals surface area contributed by atoms with Crippen LogP contribution >= 0.6 is 23.5 Å². The van der Waals surface area contributed by atoms with E-state index in [1.807, 2.05) is 60.8 Å². The Bertz CT molecular complexity index is 421. The van der Waals surface area contributed by atoms with Crippen LogP contribution in [0, 0.1) is 5.92 Å². The topological polar surface area (TPSA) is 55.1 Å². The Morgan fingerprint density at radius 2 is 2.15 bits per heavy atom. The van der Waals surface area contributed by atoms with E-state index in [0.29, 0.717) is 5.25 Å². The summed E-state index contributed by atoms with van der Waals surface area (Å²) < 4.78 is 0. The van der Waals surface area contributed by atoms with Gasteiger partial charge in [0.2, 0.25) is 5.91 Å². The van der Waals surface area contributed by atoms with Crippen molar-refractivity contribution in [3.05, 3.63) is 35.9 Å². The minimum Gasteiger partial charge on any atom is -0.355 e. The molecule has 0 aromatic heterocycles. The summed E-state index contributed by atoms with van der Waals surface area (Å²) in [4.78, 5) is 12.2. The number of nitrogens with two attached hydrogens (primary N) is 1. The maximum Gasteiger partial charge on any atom is 0.224 e. The van der Waals surface area contributed by atoms with Crippen LogP contribution in [0.2, 0.25) is 0 Å². The van der Waals surface area contributed by atoms with Crippen LogP contribution in [0.15, 0.2) is 30.3 Å². The first-order chi connectivity index (χ1) is 9.68. The molecule has 2 rings (SSSR count). The number of thioether (sulfide) groups is 2. The monoisotopic (exact) mass is 310 g/mol. The van der Waals surface area contributed by atoms with Crippen molar-refractivity contribution in [1.82, 2.24) is 5.32 Å². The maximum absolute atomic E-state index is 12.2. The molecule has 0 spiro atoms. The highest BCUT2D eigenvalue weighted by Crippen LogP contribution is 2.24. The Morgan fingerprint density at radius 1 is 1.40 bits per heavy atom. The molecule has 1 heterocycles. The highest BCUT2D eigenvalue weighted by Gasteiger charge is 2.23. The van der Waals surface area contributed by atoms with Crippen LogP contribution < -0.4 is 11.1 Å². The molecule has 1 amide bonds. The molecule has 1 aromatic rings. The van der Waals surface area contributed by atoms with Gasteiger partial charge in [-0.3, -0.25) is 4.79 Å². The lowest BCUT2D eigenvalue weighted by Crippen LogP contribution is -2.39. The molecule has 1 saturated heterocycles. The van der Waals surface area contributed by atoms with Gasteiger partial charge < -0.3 is 11.1 Å². The molecule has 1 aromatic carbocycles. The van der Waals surface area contributed by atoms with Gasteiger partial charge in [-0.1, -0.05) is 37.3 Å². The second-order valence-corrected chi connectivity index (χ2v) is 7.60. The van der Waals surface area contributed by atoms with Crippen LogP contribution in [0.5, 0.6) is 0 Å². The summed E-state index contributed by atoms with van der Waals surface area (Å²) in [5.41, 5.74) is 7.19. The summed E-state index contributed by atoms with van der Waals surface area (Å²) in [6, 6.07) is 9.57. The predicted octanol–water partition coefficient (Wildman–Crippen LogP) is 2.29. The molecule has 3 atom stereocenters. The van der Waals surface area contributed by atoms with E-state index in [9.17, 15) is 4.79 Å². The fourth-order valence-corrected chi connectivity index (χ4v) is 4.77. The third-order valence-corrected chi connectivity index (χ3v) is 6.37. The zero-order valence-electron chi connectivity index (χ0n) is 11.7. The molecule has 1 aliphatic heterocycles. The molecule has 110 valence electrons. The summed E-state index contributed by atoms with van der Waals surface area (Å²) in [5, 5.41) is 3.59. The maximum atomic E-state index is 12.2. The van der Waals surface area contributed by atoms with Crippen molar-refractivity contribution >= 4 is 29.4 Å². The van der Waals surface area contributed by atoms with E-state index in [1.165, 1.54) is 11.5 Å². The second kappa shape index (κ2) is 7.96. The minimum atomic E-state index is -0.246. The highest BCUT2D eigenvalue weighted by atomic mass is 32.2. The Balaban J connectivity index is 1.82. The van der Waals surface area contributed by atoms with Gasteiger partial charge in [-0.05, 0) is 5.56 Å². The van der Waals surface area contributed by atoms with Gasteiger partial charge in [0.25, 0.3) is 0 Å². The van der Waals surface area contributed by atoms with E-state index in [0.717, 1.165) is 17.9 Å². The first kappa shape index (κ1) is 15.7. The van der Waals surface area contributed by atoms with E-state index in [-0.39, 0.29) is 17.9 Å². The van der Waals surface area contributed by atoms with Crippen molar-refractivity contribution < 1.29 is 4.79 Å². The van der Waals surface area contributed by atoms with E-state index in [2.05, 4.69) is 5.32 Å². The van der Waals surface area contributed by atoms with Crippen LogP contribution in [0.25, 0.3) is 0 Å². The first-order valence-electron chi connectivity index (χ1n) is 6.96. The molecular formula is C15H22N2OS2. The van der Waals surface area contributed by atoms with E-state index >= 15 is 0 Å². The van der Waals surface area contributed by atoms with Crippen molar-refractivity contribution in [3.8, 4) is 0 Å². The van der Waals surface area contributed by atoms with Gasteiger partial charge in [-0.25, -0.2) is 0 Å². The average Bonchev–Trinajstić information content (AvgIpc) is 2.53. The van der Waals surface area contributed by atoms with Gasteiger partial charge >= 0.3 is 0 Å². The summed E-state index contributed by atoms with van der Waals surface area (Å²) in [6.07, 6.45) is 0. The highest BCUT2D eigenvalue weighted by molar-refractivity contribution is 8.06. The Kier molecular flexibility index (Phi) is 6.26. The third kappa shape index (κ3) is 4.43. The van der Waals surface area contributed by atoms with Crippen LogP contribution in [0.4, 0.5) is 0 Å². The molecule has 0 radical (unpaired) electrons. The number of carbonyl (C=O) groups excluding carboxylic acids is 1. The molecule has 1 aliphatic rings. The number of nitrogens with one attached hydrogen (secondary N) is 1. The number of carbonyl (C=O) groups is 1. The van der Waals surface area contributed by atoms with Crippen LogP contribution in [0.1, 0.15) is 18.5 Å². The number of hydrogen-bond acceptors (Lipinski definition) is 4. The molecule has 0 bridgehead atoms. The molecule has 3 nitrogen and oxygen atoms in total. The van der Waals surface area contributed by atoms with E-state index in [4.69, 9.17) is 5.73 Å². The Morgan fingerprint density at radius 3 is 2.80 bits per heavy atom. The SMILES string of the molecule is CC(C(=O)NCC1CSCCS1)C(N)c1ccccc1. The molecule has 0 saturated carbocycles. The fraction of sp³-hybridized carbons (Fsp3) is 0.533. The van der Waals surface area contributed by atoms with Gasteiger partial charge in [0.05, 0.1) is 5.92 Å². The lowest BCUT2D eigenvalue weighted by molar-refractivity contribution is -0.125. The van der Waals surface area contributed by atoms with Gasteiger partial charge in [0, 0.05) is 35.1 Å². The zero-order chi connectivity index (χ0) is 14.4. The van der Waals surface area contributed by atoms with Crippen LogP contribution in [-0.4, -0.2) is 35.0 Å². The molecule has 20 heavy (non-hydrogen) atoms. The largest absolute Gasteiger partial charge is 0.355 e. The summed E-state index contributed by atoms with van der Waals surface area (Å²) in [5.74, 6) is 3.38. The number of benzene rings is 1. The number of amides is 1. The number of hydrogen-bond donors (Lipinski definition) is 2. The number of rotatable bonds is 5. The average molecular weight is 310 g/mol. The zero-order valence-corrected chi connectivity index (χ0v) is 13.4. The van der Waals surface area contributed by atoms with Crippen molar-refractivity contribution in [2.75, 3.05) is 23.8 Å². The van der Waals surface area contributed by atoms with Crippen molar-refractivity contribution in [3.63, 3.8) is 0 Å². The summed E-state index contributed by atoms with van der Waals surface area (Å²) in [6.45, 7) is 2.65. The van der Waals surface area contributed by atoms with Gasteiger partial charge in [-0.2, -0.15) is 23.5 Å². The quantitative estimate of drug-likeness (QED) is 0.876. The van der Waals surface area contributed by atoms with Crippen molar-refractivity contribution in [2.24, 2.45) is 11.7 Å². The Hall–Kier alpha value is -0.650. The standard InChI is InChI=1S/C15H22N2OS2/c1-11(14(16)12-5-3-2-4-6-12)15(18)17-9-13-10-19-7-8-20-13/h2-6,11,13-14H,7-10,16H2,1H3,(H,17,18). The molecule has 3 unspecified atom stereocenters. The summed E-state index contributed by atoms with van der Waals surface area (Å²) in [7, 11) is 0.